The van der Waals surface area contributed by atoms with Gasteiger partial charge in [0.1, 0.15) is 6.29 Å². The summed E-state index contributed by atoms with van der Waals surface area (Å²) in [6, 6.07) is 13.6. The predicted octanol–water partition coefficient (Wildman–Crippen LogP) is 4.01. The van der Waals surface area contributed by atoms with Gasteiger partial charge in [-0.25, -0.2) is 0 Å². The monoisotopic (exact) mass is 430 g/mol. The zero-order valence-corrected chi connectivity index (χ0v) is 19.2. The Morgan fingerprint density at radius 3 is 2.59 bits per heavy atom. The number of carbonyl (C=O) groups excluding carboxylic acids is 2. The van der Waals surface area contributed by atoms with E-state index < -0.39 is 0 Å². The number of aromatic nitrogens is 2. The third-order valence-electron chi connectivity index (χ3n) is 6.14. The minimum Gasteiger partial charge on any atom is -0.355 e. The van der Waals surface area contributed by atoms with Gasteiger partial charge < -0.3 is 5.32 Å². The van der Waals surface area contributed by atoms with Crippen molar-refractivity contribution in [2.75, 3.05) is 14.1 Å². The van der Waals surface area contributed by atoms with Crippen LogP contribution < -0.4 is 5.32 Å². The first kappa shape index (κ1) is 22.0. The van der Waals surface area contributed by atoms with Gasteiger partial charge in [0, 0.05) is 48.1 Å². The molecule has 2 N–H and O–H groups in total. The Morgan fingerprint density at radius 2 is 1.91 bits per heavy atom. The third kappa shape index (κ3) is 4.50. The molecule has 1 aliphatic rings. The van der Waals surface area contributed by atoms with Crippen LogP contribution >= 0.6 is 0 Å². The molecule has 0 saturated heterocycles. The molecule has 0 aliphatic heterocycles. The van der Waals surface area contributed by atoms with Gasteiger partial charge in [-0.15, -0.1) is 0 Å². The minimum absolute atomic E-state index is 0.0921. The highest BCUT2D eigenvalue weighted by Gasteiger charge is 2.32. The van der Waals surface area contributed by atoms with E-state index in [0.717, 1.165) is 41.5 Å². The van der Waals surface area contributed by atoms with Crippen LogP contribution in [0.5, 0.6) is 0 Å². The van der Waals surface area contributed by atoms with E-state index >= 15 is 0 Å². The lowest BCUT2D eigenvalue weighted by atomic mass is 9.89. The molecule has 0 atom stereocenters. The average molecular weight is 431 g/mol. The van der Waals surface area contributed by atoms with Gasteiger partial charge in [-0.05, 0) is 54.6 Å². The molecule has 1 heterocycles. The number of carbonyl (C=O) groups is 2. The maximum atomic E-state index is 11.7. The van der Waals surface area contributed by atoms with Crippen molar-refractivity contribution >= 4 is 12.2 Å². The lowest BCUT2D eigenvalue weighted by Gasteiger charge is -2.19. The Kier molecular flexibility index (Phi) is 5.98. The molecule has 1 amide bonds. The molecule has 6 nitrogen and oxygen atoms in total. The van der Waals surface area contributed by atoms with Gasteiger partial charge in [0.25, 0.3) is 5.91 Å². The Bertz CT molecular complexity index is 1150. The topological polar surface area (TPSA) is 78.1 Å². The molecule has 1 aromatic heterocycles. The van der Waals surface area contributed by atoms with Crippen molar-refractivity contribution < 1.29 is 9.59 Å². The second-order valence-electron chi connectivity index (χ2n) is 9.53. The zero-order valence-electron chi connectivity index (χ0n) is 19.2. The fourth-order valence-corrected chi connectivity index (χ4v) is 4.57. The van der Waals surface area contributed by atoms with E-state index in [0.29, 0.717) is 24.2 Å². The maximum Gasteiger partial charge on any atom is 0.251 e. The number of nitrogens with one attached hydrogen (secondary N) is 2. The van der Waals surface area contributed by atoms with E-state index in [1.165, 1.54) is 11.3 Å². The number of rotatable bonds is 7. The average Bonchev–Trinajstić information content (AvgIpc) is 3.28. The van der Waals surface area contributed by atoms with E-state index in [4.69, 9.17) is 0 Å². The number of hydrogen-bond donors (Lipinski definition) is 2. The smallest absolute Gasteiger partial charge is 0.251 e. The summed E-state index contributed by atoms with van der Waals surface area (Å²) >= 11 is 0. The molecular formula is C26H30N4O2. The standard InChI is InChI=1S/C26H30N4O2/c1-26(2)12-22-23(13-26)28-29-24(22)19-9-10-20(16-31)21(11-19)15-30(4)14-17-5-7-18(8-6-17)25(32)27-3/h5-11,16H,12-15H2,1-4H3,(H,27,32)(H,28,29). The fraction of sp³-hybridized carbons (Fsp3) is 0.346. The van der Waals surface area contributed by atoms with E-state index in [1.54, 1.807) is 7.05 Å². The van der Waals surface area contributed by atoms with Crippen molar-refractivity contribution in [2.45, 2.75) is 39.8 Å². The normalized spacial score (nSPS) is 14.4. The summed E-state index contributed by atoms with van der Waals surface area (Å²) in [5.74, 6) is -0.0921. The number of benzene rings is 2. The number of hydrogen-bond acceptors (Lipinski definition) is 4. The summed E-state index contributed by atoms with van der Waals surface area (Å²) in [7, 11) is 3.66. The molecule has 0 unspecified atom stereocenters. The van der Waals surface area contributed by atoms with Gasteiger partial charge in [-0.3, -0.25) is 19.6 Å². The Morgan fingerprint density at radius 1 is 1.16 bits per heavy atom. The number of nitrogens with zero attached hydrogens (tertiary/aromatic N) is 2. The molecule has 6 heteroatoms. The Labute approximate surface area is 189 Å². The van der Waals surface area contributed by atoms with E-state index in [-0.39, 0.29) is 11.3 Å². The summed E-state index contributed by atoms with van der Waals surface area (Å²) in [6.45, 7) is 5.91. The third-order valence-corrected chi connectivity index (χ3v) is 6.14. The van der Waals surface area contributed by atoms with Crippen LogP contribution in [-0.4, -0.2) is 41.4 Å². The Hall–Kier alpha value is -3.25. The van der Waals surface area contributed by atoms with Crippen LogP contribution in [0.1, 0.15) is 56.9 Å². The van der Waals surface area contributed by atoms with Crippen molar-refractivity contribution in [3.63, 3.8) is 0 Å². The molecule has 166 valence electrons. The highest BCUT2D eigenvalue weighted by atomic mass is 16.1. The molecular weight excluding hydrogens is 400 g/mol. The summed E-state index contributed by atoms with van der Waals surface area (Å²) in [6.07, 6.45) is 2.93. The minimum atomic E-state index is -0.0921. The van der Waals surface area contributed by atoms with Gasteiger partial charge in [0.2, 0.25) is 0 Å². The van der Waals surface area contributed by atoms with Crippen molar-refractivity contribution in [2.24, 2.45) is 5.41 Å². The van der Waals surface area contributed by atoms with Crippen molar-refractivity contribution in [1.29, 1.82) is 0 Å². The Balaban J connectivity index is 1.53. The van der Waals surface area contributed by atoms with E-state index in [9.17, 15) is 9.59 Å². The first-order valence-electron chi connectivity index (χ1n) is 10.9. The van der Waals surface area contributed by atoms with Crippen LogP contribution in [-0.2, 0) is 25.9 Å². The van der Waals surface area contributed by atoms with E-state index in [1.807, 2.05) is 43.4 Å². The lowest BCUT2D eigenvalue weighted by Crippen LogP contribution is -2.19. The first-order chi connectivity index (χ1) is 15.3. The number of aromatic amines is 1. The van der Waals surface area contributed by atoms with Gasteiger partial charge >= 0.3 is 0 Å². The first-order valence-corrected chi connectivity index (χ1v) is 10.9. The van der Waals surface area contributed by atoms with Crippen LogP contribution in [0.25, 0.3) is 11.3 Å². The molecule has 0 spiro atoms. The highest BCUT2D eigenvalue weighted by Crippen LogP contribution is 2.40. The van der Waals surface area contributed by atoms with Gasteiger partial charge in [-0.1, -0.05) is 38.1 Å². The van der Waals surface area contributed by atoms with Gasteiger partial charge in [0.05, 0.1) is 5.69 Å². The number of H-pyrrole nitrogens is 1. The second kappa shape index (κ2) is 8.71. The molecule has 0 radical (unpaired) electrons. The van der Waals surface area contributed by atoms with Crippen molar-refractivity contribution in [1.82, 2.24) is 20.4 Å². The fourth-order valence-electron chi connectivity index (χ4n) is 4.57. The van der Waals surface area contributed by atoms with Crippen molar-refractivity contribution in [3.8, 4) is 11.3 Å². The molecule has 0 fully saturated rings. The molecule has 32 heavy (non-hydrogen) atoms. The SMILES string of the molecule is CNC(=O)c1ccc(CN(C)Cc2cc(-c3n[nH]c4c3CC(C)(C)C4)ccc2C=O)cc1. The van der Waals surface area contributed by atoms with Crippen LogP contribution in [0.15, 0.2) is 42.5 Å². The largest absolute Gasteiger partial charge is 0.355 e. The van der Waals surface area contributed by atoms with Crippen LogP contribution in [0.4, 0.5) is 0 Å². The van der Waals surface area contributed by atoms with E-state index in [2.05, 4.69) is 40.3 Å². The molecule has 4 rings (SSSR count). The summed E-state index contributed by atoms with van der Waals surface area (Å²) in [4.78, 5) is 25.6. The predicted molar refractivity (Wildman–Crippen MR) is 126 cm³/mol. The zero-order chi connectivity index (χ0) is 22.9. The molecule has 0 saturated carbocycles. The van der Waals surface area contributed by atoms with Crippen molar-refractivity contribution in [3.05, 3.63) is 76.0 Å². The van der Waals surface area contributed by atoms with Gasteiger partial charge in [0.15, 0.2) is 0 Å². The quantitative estimate of drug-likeness (QED) is 0.555. The number of amides is 1. The molecule has 2 aromatic carbocycles. The van der Waals surface area contributed by atoms with Gasteiger partial charge in [-0.2, -0.15) is 5.10 Å². The number of aldehydes is 1. The highest BCUT2D eigenvalue weighted by molar-refractivity contribution is 5.93. The number of fused-ring (bicyclic) bond motifs is 1. The lowest BCUT2D eigenvalue weighted by molar-refractivity contribution is 0.0962. The van der Waals surface area contributed by atoms with Crippen LogP contribution in [0, 0.1) is 5.41 Å². The summed E-state index contributed by atoms with van der Waals surface area (Å²) < 4.78 is 0. The van der Waals surface area contributed by atoms with Crippen LogP contribution in [0.2, 0.25) is 0 Å². The molecule has 1 aliphatic carbocycles. The van der Waals surface area contributed by atoms with Crippen LogP contribution in [0.3, 0.4) is 0 Å². The summed E-state index contributed by atoms with van der Waals surface area (Å²) in [5.41, 5.74) is 8.24. The molecule has 3 aromatic rings. The second-order valence-corrected chi connectivity index (χ2v) is 9.53. The maximum absolute atomic E-state index is 11.7. The molecule has 0 bridgehead atoms. The summed E-state index contributed by atoms with van der Waals surface area (Å²) in [5, 5.41) is 10.4.